The molecule has 0 aromatic rings. The summed E-state index contributed by atoms with van der Waals surface area (Å²) in [4.78, 5) is 0. The molecule has 0 amide bonds. The molecule has 8 heteroatoms. The number of rotatable bonds is 0. The molecular weight excluding hydrogens is 1140 g/mol. The van der Waals surface area contributed by atoms with E-state index in [0.29, 0.717) is 0 Å². The first kappa shape index (κ1) is 53.7. The second kappa shape index (κ2) is 44.4. The fraction of sp³-hybridized carbons (Fsp3) is 0. The van der Waals surface area contributed by atoms with E-state index in [9.17, 15) is 0 Å². The number of hydrogen-bond acceptors (Lipinski definition) is 0. The maximum absolute atomic E-state index is 0. The summed E-state index contributed by atoms with van der Waals surface area (Å²) in [6, 6.07) is 0. The molecule has 0 saturated carbocycles. The Labute approximate surface area is 262 Å². The second-order valence-electron chi connectivity index (χ2n) is 0. The Balaban J connectivity index is 0. The van der Waals surface area contributed by atoms with E-state index in [2.05, 4.69) is 0 Å². The Bertz CT molecular complexity index is 7.64. The third kappa shape index (κ3) is 36.3. The normalized spacial score (nSPS) is 0. The van der Waals surface area contributed by atoms with Crippen LogP contribution in [0.1, 0.15) is 0 Å². The molecule has 0 unspecified atom stereocenters. The zero-order chi connectivity index (χ0) is 0. The van der Waals surface area contributed by atoms with E-state index < -0.39 is 0 Å². The summed E-state index contributed by atoms with van der Waals surface area (Å²) in [5.41, 5.74) is 0. The Morgan fingerprint density at radius 1 is 0.250 bits per heavy atom. The summed E-state index contributed by atoms with van der Waals surface area (Å²) in [7, 11) is 0. The summed E-state index contributed by atoms with van der Waals surface area (Å²) in [5.74, 6) is 0. The van der Waals surface area contributed by atoms with Crippen LogP contribution in [-0.4, -0.2) is 71.7 Å². The van der Waals surface area contributed by atoms with Crippen LogP contribution in [0.5, 0.6) is 0 Å². The van der Waals surface area contributed by atoms with E-state index in [0.717, 1.165) is 0 Å². The van der Waals surface area contributed by atoms with Gasteiger partial charge in [-0.3, -0.25) is 0 Å². The molecule has 0 atom stereocenters. The molecule has 0 saturated heterocycles. The van der Waals surface area contributed by atoms with Crippen LogP contribution in [-0.2, 0) is 0 Å². The zero-order valence-electron chi connectivity index (χ0n) is 3.27. The first-order valence-electron chi connectivity index (χ1n) is 0. The third-order valence-electron chi connectivity index (χ3n) is 0. The van der Waals surface area contributed by atoms with Crippen LogP contribution in [0.3, 0.4) is 0 Å². The van der Waals surface area contributed by atoms with Gasteiger partial charge in [-0.15, -0.1) is 0 Å². The predicted molar refractivity (Wildman–Crippen MR) is 17.3 cm³/mol. The summed E-state index contributed by atoms with van der Waals surface area (Å²) in [5, 5.41) is 0. The number of hydrogen-bond donors (Lipinski definition) is 0. The smallest absolute Gasteiger partial charge is 0 e. The Morgan fingerprint density at radius 2 is 0.250 bits per heavy atom. The van der Waals surface area contributed by atoms with Crippen LogP contribution in [0, 0.1) is 200 Å². The van der Waals surface area contributed by atoms with Gasteiger partial charge in [0.2, 0.25) is 0 Å². The summed E-state index contributed by atoms with van der Waals surface area (Å²) in [6.45, 7) is 0. The molecule has 0 aliphatic heterocycles. The van der Waals surface area contributed by atoms with Gasteiger partial charge in [0, 0.05) is 271 Å². The van der Waals surface area contributed by atoms with E-state index >= 15 is 0 Å². The Hall–Kier alpha value is 9.02. The molecule has 0 bridgehead atoms. The van der Waals surface area contributed by atoms with Gasteiger partial charge in [0.05, 0.1) is 0 Å². The summed E-state index contributed by atoms with van der Waals surface area (Å²) in [6.07, 6.45) is 0. The summed E-state index contributed by atoms with van der Waals surface area (Å²) < 4.78 is 0. The van der Waals surface area contributed by atoms with Crippen molar-refractivity contribution in [2.24, 2.45) is 0 Å². The molecular formula is Gd5Sn3. The van der Waals surface area contributed by atoms with E-state index in [1.165, 1.54) is 0 Å². The Kier molecular flexibility index (Phi) is 298. The Morgan fingerprint density at radius 3 is 0.250 bits per heavy atom. The molecule has 0 heterocycles. The molecule has 0 spiro atoms. The van der Waals surface area contributed by atoms with Gasteiger partial charge in [-0.1, -0.05) is 0 Å². The monoisotopic (exact) mass is 1150 g/mol. The van der Waals surface area contributed by atoms with Crippen molar-refractivity contribution in [2.75, 3.05) is 0 Å². The molecule has 0 fully saturated rings. The fourth-order valence-electron chi connectivity index (χ4n) is 0. The molecule has 0 aliphatic rings. The van der Waals surface area contributed by atoms with Crippen molar-refractivity contribution in [3.05, 3.63) is 0 Å². The summed E-state index contributed by atoms with van der Waals surface area (Å²) >= 11 is 0. The van der Waals surface area contributed by atoms with Crippen molar-refractivity contribution in [1.82, 2.24) is 0 Å². The van der Waals surface area contributed by atoms with E-state index in [-0.39, 0.29) is 271 Å². The van der Waals surface area contributed by atoms with Crippen molar-refractivity contribution in [1.29, 1.82) is 0 Å². The zero-order valence-corrected chi connectivity index (χ0v) is 23.2. The van der Waals surface area contributed by atoms with Crippen molar-refractivity contribution in [2.45, 2.75) is 0 Å². The average Bonchev–Trinajstić information content (AvgIpc) is 0. The van der Waals surface area contributed by atoms with Crippen LogP contribution in [0.25, 0.3) is 0 Å². The third-order valence-corrected chi connectivity index (χ3v) is 0. The van der Waals surface area contributed by atoms with Gasteiger partial charge in [-0.05, 0) is 0 Å². The van der Waals surface area contributed by atoms with Crippen LogP contribution in [0.4, 0.5) is 0 Å². The van der Waals surface area contributed by atoms with Crippen LogP contribution in [0.2, 0.25) is 0 Å². The standard InChI is InChI=1S/5Gd.3Sn. The van der Waals surface area contributed by atoms with Crippen molar-refractivity contribution < 1.29 is 200 Å². The average molecular weight is 1140 g/mol. The first-order valence-corrected chi connectivity index (χ1v) is 0. The van der Waals surface area contributed by atoms with Gasteiger partial charge in [0.25, 0.3) is 0 Å². The molecule has 0 N–H and O–H groups in total. The molecule has 0 nitrogen and oxygen atoms in total. The van der Waals surface area contributed by atoms with E-state index in [1.807, 2.05) is 0 Å². The van der Waals surface area contributed by atoms with E-state index in [1.54, 1.807) is 0 Å². The molecule has 12 radical (unpaired) electrons. The molecule has 52 valence electrons. The quantitative estimate of drug-likeness (QED) is 0.270. The van der Waals surface area contributed by atoms with Crippen molar-refractivity contribution in [3.63, 3.8) is 0 Å². The van der Waals surface area contributed by atoms with E-state index in [4.69, 9.17) is 0 Å². The molecule has 8 heavy (non-hydrogen) atoms. The minimum absolute atomic E-state index is 0. The topological polar surface area (TPSA) is 0 Å². The van der Waals surface area contributed by atoms with Gasteiger partial charge in [-0.2, -0.15) is 0 Å². The SMILES string of the molecule is [Gd].[Gd].[Gd].[Gd].[Gd].[Sn].[Sn].[Sn]. The fourth-order valence-corrected chi connectivity index (χ4v) is 0. The van der Waals surface area contributed by atoms with Gasteiger partial charge < -0.3 is 0 Å². The van der Waals surface area contributed by atoms with Gasteiger partial charge in [0.15, 0.2) is 0 Å². The van der Waals surface area contributed by atoms with Gasteiger partial charge in [0.1, 0.15) is 0 Å². The van der Waals surface area contributed by atoms with Crippen LogP contribution < -0.4 is 0 Å². The maximum Gasteiger partial charge on any atom is 0 e. The second-order valence-corrected chi connectivity index (χ2v) is 0. The molecule has 0 rings (SSSR count). The maximum atomic E-state index is 0. The first-order chi connectivity index (χ1) is 0. The minimum Gasteiger partial charge on any atom is 0 e. The van der Waals surface area contributed by atoms with Crippen LogP contribution in [0.15, 0.2) is 0 Å². The van der Waals surface area contributed by atoms with Crippen LogP contribution >= 0.6 is 0 Å². The van der Waals surface area contributed by atoms with Gasteiger partial charge in [-0.25, -0.2) is 0 Å². The largest absolute Gasteiger partial charge is 0 e. The predicted octanol–water partition coefficient (Wildman–Crippen LogP) is -1.14. The van der Waals surface area contributed by atoms with Crippen molar-refractivity contribution >= 4 is 71.7 Å². The molecule has 0 aromatic carbocycles. The molecule has 0 aliphatic carbocycles. The minimum atomic E-state index is 0. The van der Waals surface area contributed by atoms with Gasteiger partial charge >= 0.3 is 0 Å². The van der Waals surface area contributed by atoms with Crippen molar-refractivity contribution in [3.8, 4) is 0 Å². The molecule has 0 aromatic heterocycles.